The van der Waals surface area contributed by atoms with Crippen molar-refractivity contribution in [2.75, 3.05) is 4.90 Å². The summed E-state index contributed by atoms with van der Waals surface area (Å²) in [5.41, 5.74) is 1.46. The van der Waals surface area contributed by atoms with Crippen LogP contribution in [-0.2, 0) is 13.1 Å². The van der Waals surface area contributed by atoms with Crippen LogP contribution >= 0.6 is 0 Å². The summed E-state index contributed by atoms with van der Waals surface area (Å²) >= 11 is 0. The molecular weight excluding hydrogens is 256 g/mol. The van der Waals surface area contributed by atoms with Gasteiger partial charge in [0.05, 0.1) is 13.1 Å². The Bertz CT molecular complexity index is 740. The summed E-state index contributed by atoms with van der Waals surface area (Å²) in [4.78, 5) is 25.9. The molecule has 0 aliphatic carbocycles. The van der Waals surface area contributed by atoms with E-state index >= 15 is 0 Å². The standard InChI is InChI=1S/C14H14N4O2/c1-3-8-17-14(20)18-12(15-17)9-16(13(18)19)11-6-4-10(2)5-7-11/h3-7H,1,8-9H2,2H3. The van der Waals surface area contributed by atoms with Crippen LogP contribution in [0.3, 0.4) is 0 Å². The van der Waals surface area contributed by atoms with Gasteiger partial charge in [0.1, 0.15) is 0 Å². The lowest BCUT2D eigenvalue weighted by atomic mass is 10.2. The number of carbonyl (C=O) groups excluding carboxylic acids is 1. The molecule has 0 saturated heterocycles. The monoisotopic (exact) mass is 270 g/mol. The van der Waals surface area contributed by atoms with E-state index in [1.165, 1.54) is 4.68 Å². The van der Waals surface area contributed by atoms with Crippen LogP contribution in [0.4, 0.5) is 10.5 Å². The van der Waals surface area contributed by atoms with E-state index in [2.05, 4.69) is 11.7 Å². The van der Waals surface area contributed by atoms with Crippen LogP contribution in [-0.4, -0.2) is 20.4 Å². The zero-order chi connectivity index (χ0) is 14.3. The fourth-order valence-electron chi connectivity index (χ4n) is 2.24. The number of hydrogen-bond donors (Lipinski definition) is 0. The Balaban J connectivity index is 1.97. The van der Waals surface area contributed by atoms with E-state index in [0.29, 0.717) is 18.9 Å². The number of benzene rings is 1. The van der Waals surface area contributed by atoms with Crippen LogP contribution in [0.5, 0.6) is 0 Å². The summed E-state index contributed by atoms with van der Waals surface area (Å²) in [6.45, 7) is 6.16. The zero-order valence-electron chi connectivity index (χ0n) is 11.1. The SMILES string of the molecule is C=CCn1nc2n(c1=O)C(=O)N(c1ccc(C)cc1)C2. The molecule has 1 amide bonds. The molecule has 6 heteroatoms. The smallest absolute Gasteiger partial charge is 0.286 e. The van der Waals surface area contributed by atoms with Crippen LogP contribution in [0.1, 0.15) is 11.4 Å². The molecule has 0 fully saturated rings. The van der Waals surface area contributed by atoms with E-state index in [0.717, 1.165) is 15.8 Å². The van der Waals surface area contributed by atoms with Gasteiger partial charge in [-0.25, -0.2) is 14.3 Å². The van der Waals surface area contributed by atoms with Gasteiger partial charge in [0.2, 0.25) is 0 Å². The highest BCUT2D eigenvalue weighted by atomic mass is 16.2. The van der Waals surface area contributed by atoms with E-state index < -0.39 is 5.69 Å². The van der Waals surface area contributed by atoms with Gasteiger partial charge in [0, 0.05) is 5.69 Å². The number of allylic oxidation sites excluding steroid dienone is 1. The summed E-state index contributed by atoms with van der Waals surface area (Å²) in [7, 11) is 0. The fourth-order valence-corrected chi connectivity index (χ4v) is 2.24. The summed E-state index contributed by atoms with van der Waals surface area (Å²) in [5.74, 6) is 0.461. The number of fused-ring (bicyclic) bond motifs is 1. The fraction of sp³-hybridized carbons (Fsp3) is 0.214. The normalized spacial score (nSPS) is 13.7. The lowest BCUT2D eigenvalue weighted by Gasteiger charge is -2.14. The van der Waals surface area contributed by atoms with E-state index in [9.17, 15) is 9.59 Å². The largest absolute Gasteiger partial charge is 0.354 e. The summed E-state index contributed by atoms with van der Waals surface area (Å²) in [6, 6.07) is 7.23. The van der Waals surface area contributed by atoms with E-state index in [-0.39, 0.29) is 6.03 Å². The Morgan fingerprint density at radius 1 is 1.30 bits per heavy atom. The van der Waals surface area contributed by atoms with Gasteiger partial charge in [-0.15, -0.1) is 6.58 Å². The Morgan fingerprint density at radius 2 is 2.00 bits per heavy atom. The van der Waals surface area contributed by atoms with Crippen molar-refractivity contribution in [3.8, 4) is 0 Å². The van der Waals surface area contributed by atoms with Crippen molar-refractivity contribution in [3.05, 3.63) is 58.8 Å². The highest BCUT2D eigenvalue weighted by Crippen LogP contribution is 2.22. The number of rotatable bonds is 3. The van der Waals surface area contributed by atoms with Crippen molar-refractivity contribution in [1.29, 1.82) is 0 Å². The first kappa shape index (κ1) is 12.4. The maximum absolute atomic E-state index is 12.3. The zero-order valence-corrected chi connectivity index (χ0v) is 11.1. The van der Waals surface area contributed by atoms with Crippen LogP contribution in [0.25, 0.3) is 0 Å². The second kappa shape index (κ2) is 4.48. The first-order valence-electron chi connectivity index (χ1n) is 6.30. The van der Waals surface area contributed by atoms with Gasteiger partial charge in [-0.1, -0.05) is 23.8 Å². The molecule has 0 radical (unpaired) electrons. The van der Waals surface area contributed by atoms with Crippen molar-refractivity contribution in [2.24, 2.45) is 0 Å². The average molecular weight is 270 g/mol. The molecule has 20 heavy (non-hydrogen) atoms. The Morgan fingerprint density at radius 3 is 2.60 bits per heavy atom. The maximum Gasteiger partial charge on any atom is 0.354 e. The number of aryl methyl sites for hydroxylation is 1. The van der Waals surface area contributed by atoms with Gasteiger partial charge in [0.25, 0.3) is 0 Å². The van der Waals surface area contributed by atoms with Crippen molar-refractivity contribution in [2.45, 2.75) is 20.0 Å². The molecule has 2 aromatic rings. The molecule has 0 saturated carbocycles. The third kappa shape index (κ3) is 1.77. The minimum Gasteiger partial charge on any atom is -0.286 e. The van der Waals surface area contributed by atoms with Crippen LogP contribution < -0.4 is 10.6 Å². The van der Waals surface area contributed by atoms with Crippen molar-refractivity contribution in [1.82, 2.24) is 14.3 Å². The molecule has 2 heterocycles. The van der Waals surface area contributed by atoms with E-state index in [1.807, 2.05) is 31.2 Å². The first-order valence-corrected chi connectivity index (χ1v) is 6.30. The topological polar surface area (TPSA) is 60.1 Å². The predicted octanol–water partition coefficient (Wildman–Crippen LogP) is 1.53. The van der Waals surface area contributed by atoms with Gasteiger partial charge in [-0.3, -0.25) is 4.90 Å². The number of aromatic nitrogens is 3. The molecule has 1 aromatic carbocycles. The quantitative estimate of drug-likeness (QED) is 0.795. The van der Waals surface area contributed by atoms with Gasteiger partial charge < -0.3 is 0 Å². The highest BCUT2D eigenvalue weighted by Gasteiger charge is 2.33. The van der Waals surface area contributed by atoms with Crippen LogP contribution in [0.15, 0.2) is 41.7 Å². The van der Waals surface area contributed by atoms with Crippen molar-refractivity contribution < 1.29 is 4.79 Å². The minimum absolute atomic E-state index is 0.302. The Labute approximate surface area is 115 Å². The van der Waals surface area contributed by atoms with E-state index in [4.69, 9.17) is 0 Å². The van der Waals surface area contributed by atoms with Gasteiger partial charge >= 0.3 is 11.7 Å². The van der Waals surface area contributed by atoms with Crippen LogP contribution in [0, 0.1) is 6.92 Å². The number of nitrogens with zero attached hydrogens (tertiary/aromatic N) is 4. The summed E-state index contributed by atoms with van der Waals surface area (Å²) < 4.78 is 2.36. The highest BCUT2D eigenvalue weighted by molar-refractivity contribution is 5.96. The van der Waals surface area contributed by atoms with Gasteiger partial charge in [-0.05, 0) is 19.1 Å². The second-order valence-corrected chi connectivity index (χ2v) is 4.71. The van der Waals surface area contributed by atoms with Crippen molar-refractivity contribution >= 4 is 11.7 Å². The number of anilines is 1. The molecule has 0 N–H and O–H groups in total. The lowest BCUT2D eigenvalue weighted by Crippen LogP contribution is -2.34. The Hall–Kier alpha value is -2.63. The molecule has 0 unspecified atom stereocenters. The molecule has 1 aromatic heterocycles. The summed E-state index contributed by atoms with van der Waals surface area (Å²) in [6.07, 6.45) is 1.58. The molecule has 102 valence electrons. The summed E-state index contributed by atoms with van der Waals surface area (Å²) in [5, 5.41) is 4.16. The van der Waals surface area contributed by atoms with Gasteiger partial charge in [0.15, 0.2) is 5.82 Å². The molecule has 0 spiro atoms. The molecular formula is C14H14N4O2. The molecule has 3 rings (SSSR count). The van der Waals surface area contributed by atoms with Gasteiger partial charge in [-0.2, -0.15) is 9.67 Å². The molecule has 1 aliphatic heterocycles. The maximum atomic E-state index is 12.3. The number of amides is 1. The number of carbonyl (C=O) groups is 1. The third-order valence-electron chi connectivity index (χ3n) is 3.28. The van der Waals surface area contributed by atoms with Crippen LogP contribution in [0.2, 0.25) is 0 Å². The Kier molecular flexibility index (Phi) is 2.78. The first-order chi connectivity index (χ1) is 9.61. The minimum atomic E-state index is -0.417. The second-order valence-electron chi connectivity index (χ2n) is 4.71. The average Bonchev–Trinajstić information content (AvgIpc) is 2.90. The molecule has 0 atom stereocenters. The predicted molar refractivity (Wildman–Crippen MR) is 74.8 cm³/mol. The number of hydrogen-bond acceptors (Lipinski definition) is 3. The van der Waals surface area contributed by atoms with Crippen molar-refractivity contribution in [3.63, 3.8) is 0 Å². The lowest BCUT2D eigenvalue weighted by molar-refractivity contribution is 0.250. The molecule has 0 bridgehead atoms. The third-order valence-corrected chi connectivity index (χ3v) is 3.28. The molecule has 1 aliphatic rings. The van der Waals surface area contributed by atoms with E-state index in [1.54, 1.807) is 11.0 Å². The molecule has 6 nitrogen and oxygen atoms in total.